The normalized spacial score (nSPS) is 26.8. The Hall–Kier alpha value is -0.770. The van der Waals surface area contributed by atoms with E-state index in [1.54, 1.807) is 0 Å². The van der Waals surface area contributed by atoms with Crippen molar-refractivity contribution in [2.24, 2.45) is 0 Å². The minimum absolute atomic E-state index is 0.128. The Kier molecular flexibility index (Phi) is 4.49. The van der Waals surface area contributed by atoms with Gasteiger partial charge in [0, 0.05) is 24.1 Å². The van der Waals surface area contributed by atoms with E-state index in [2.05, 4.69) is 5.32 Å². The molecule has 1 N–H and O–H groups in total. The lowest BCUT2D eigenvalue weighted by molar-refractivity contribution is -0.103. The Morgan fingerprint density at radius 3 is 2.83 bits per heavy atom. The van der Waals surface area contributed by atoms with Gasteiger partial charge in [0.05, 0.1) is 0 Å². The molecule has 1 aliphatic carbocycles. The molecule has 0 aliphatic heterocycles. The van der Waals surface area contributed by atoms with Crippen LogP contribution in [-0.2, 0) is 4.74 Å². The SMILES string of the molecule is CCOC1C(NC)CC1Oc1ccc(Cl)c(C)c1. The molecular weight excluding hydrogens is 250 g/mol. The highest BCUT2D eigenvalue weighted by Crippen LogP contribution is 2.30. The largest absolute Gasteiger partial charge is 0.488 e. The zero-order valence-electron chi connectivity index (χ0n) is 11.1. The van der Waals surface area contributed by atoms with E-state index in [9.17, 15) is 0 Å². The maximum absolute atomic E-state index is 6.00. The van der Waals surface area contributed by atoms with Crippen LogP contribution in [0.5, 0.6) is 5.75 Å². The van der Waals surface area contributed by atoms with Gasteiger partial charge in [-0.05, 0) is 44.7 Å². The molecule has 3 atom stereocenters. The summed E-state index contributed by atoms with van der Waals surface area (Å²) in [5.74, 6) is 0.862. The number of rotatable bonds is 5. The van der Waals surface area contributed by atoms with Crippen molar-refractivity contribution < 1.29 is 9.47 Å². The smallest absolute Gasteiger partial charge is 0.128 e. The van der Waals surface area contributed by atoms with Gasteiger partial charge in [0.1, 0.15) is 18.0 Å². The van der Waals surface area contributed by atoms with Crippen molar-refractivity contribution in [3.63, 3.8) is 0 Å². The van der Waals surface area contributed by atoms with Gasteiger partial charge in [-0.25, -0.2) is 0 Å². The van der Waals surface area contributed by atoms with Crippen LogP contribution in [0.4, 0.5) is 0 Å². The maximum atomic E-state index is 6.00. The summed E-state index contributed by atoms with van der Waals surface area (Å²) in [7, 11) is 1.96. The third kappa shape index (κ3) is 2.79. The number of benzene rings is 1. The number of ether oxygens (including phenoxy) is 2. The van der Waals surface area contributed by atoms with E-state index in [1.807, 2.05) is 39.1 Å². The summed E-state index contributed by atoms with van der Waals surface area (Å²) in [4.78, 5) is 0. The minimum atomic E-state index is 0.128. The summed E-state index contributed by atoms with van der Waals surface area (Å²) >= 11 is 6.00. The lowest BCUT2D eigenvalue weighted by Gasteiger charge is -2.43. The first-order valence-corrected chi connectivity index (χ1v) is 6.75. The van der Waals surface area contributed by atoms with Crippen molar-refractivity contribution in [1.82, 2.24) is 5.32 Å². The van der Waals surface area contributed by atoms with Gasteiger partial charge >= 0.3 is 0 Å². The Morgan fingerprint density at radius 1 is 1.44 bits per heavy atom. The Bertz CT molecular complexity index is 411. The topological polar surface area (TPSA) is 30.5 Å². The molecule has 0 saturated heterocycles. The van der Waals surface area contributed by atoms with Gasteiger partial charge in [-0.3, -0.25) is 0 Å². The van der Waals surface area contributed by atoms with Gasteiger partial charge in [0.25, 0.3) is 0 Å². The third-order valence-corrected chi connectivity index (χ3v) is 3.82. The quantitative estimate of drug-likeness (QED) is 0.892. The van der Waals surface area contributed by atoms with E-state index in [4.69, 9.17) is 21.1 Å². The maximum Gasteiger partial charge on any atom is 0.128 e. The fourth-order valence-electron chi connectivity index (χ4n) is 2.26. The third-order valence-electron chi connectivity index (χ3n) is 3.40. The average molecular weight is 270 g/mol. The standard InChI is InChI=1S/C14H20ClNO2/c1-4-17-14-12(16-3)8-13(14)18-10-5-6-11(15)9(2)7-10/h5-7,12-14,16H,4,8H2,1-3H3. The first kappa shape index (κ1) is 13.7. The van der Waals surface area contributed by atoms with Crippen molar-refractivity contribution in [2.45, 2.75) is 38.5 Å². The Balaban J connectivity index is 1.99. The van der Waals surface area contributed by atoms with Crippen molar-refractivity contribution in [3.05, 3.63) is 28.8 Å². The highest BCUT2D eigenvalue weighted by atomic mass is 35.5. The number of likely N-dealkylation sites (N-methyl/N-ethyl adjacent to an activating group) is 1. The zero-order chi connectivity index (χ0) is 13.1. The van der Waals surface area contributed by atoms with Gasteiger partial charge in [-0.2, -0.15) is 0 Å². The number of hydrogen-bond donors (Lipinski definition) is 1. The second-order valence-electron chi connectivity index (χ2n) is 4.62. The fourth-order valence-corrected chi connectivity index (χ4v) is 2.38. The van der Waals surface area contributed by atoms with Crippen LogP contribution >= 0.6 is 11.6 Å². The molecule has 2 rings (SSSR count). The summed E-state index contributed by atoms with van der Waals surface area (Å²) in [6, 6.07) is 6.14. The summed E-state index contributed by atoms with van der Waals surface area (Å²) < 4.78 is 11.7. The summed E-state index contributed by atoms with van der Waals surface area (Å²) in [5, 5.41) is 4.02. The molecule has 1 aromatic rings. The highest BCUT2D eigenvalue weighted by molar-refractivity contribution is 6.31. The van der Waals surface area contributed by atoms with E-state index >= 15 is 0 Å². The van der Waals surface area contributed by atoms with Crippen molar-refractivity contribution in [1.29, 1.82) is 0 Å². The molecule has 1 fully saturated rings. The molecule has 1 saturated carbocycles. The molecule has 0 heterocycles. The average Bonchev–Trinajstić information content (AvgIpc) is 2.35. The second kappa shape index (κ2) is 5.91. The van der Waals surface area contributed by atoms with Gasteiger partial charge < -0.3 is 14.8 Å². The molecule has 0 radical (unpaired) electrons. The number of halogens is 1. The van der Waals surface area contributed by atoms with Crippen molar-refractivity contribution in [2.75, 3.05) is 13.7 Å². The van der Waals surface area contributed by atoms with E-state index in [0.29, 0.717) is 12.6 Å². The summed E-state index contributed by atoms with van der Waals surface area (Å²) in [5.41, 5.74) is 1.03. The van der Waals surface area contributed by atoms with Gasteiger partial charge in [0.2, 0.25) is 0 Å². The molecule has 0 bridgehead atoms. The Morgan fingerprint density at radius 2 is 2.22 bits per heavy atom. The lowest BCUT2D eigenvalue weighted by Crippen LogP contribution is -2.60. The second-order valence-corrected chi connectivity index (χ2v) is 5.03. The molecule has 0 aromatic heterocycles. The molecule has 0 spiro atoms. The molecule has 100 valence electrons. The first-order chi connectivity index (χ1) is 8.65. The highest BCUT2D eigenvalue weighted by Gasteiger charge is 2.42. The number of aryl methyl sites for hydroxylation is 1. The first-order valence-electron chi connectivity index (χ1n) is 6.37. The monoisotopic (exact) mass is 269 g/mol. The van der Waals surface area contributed by atoms with Crippen molar-refractivity contribution >= 4 is 11.6 Å². The molecule has 1 aromatic carbocycles. The van der Waals surface area contributed by atoms with E-state index < -0.39 is 0 Å². The summed E-state index contributed by atoms with van der Waals surface area (Å²) in [6.07, 6.45) is 1.24. The number of hydrogen-bond acceptors (Lipinski definition) is 3. The molecule has 1 aliphatic rings. The minimum Gasteiger partial charge on any atom is -0.488 e. The molecule has 3 unspecified atom stereocenters. The lowest BCUT2D eigenvalue weighted by atomic mass is 9.85. The summed E-state index contributed by atoms with van der Waals surface area (Å²) in [6.45, 7) is 4.70. The van der Waals surface area contributed by atoms with Crippen LogP contribution in [0.1, 0.15) is 18.9 Å². The van der Waals surface area contributed by atoms with Crippen LogP contribution in [0.25, 0.3) is 0 Å². The van der Waals surface area contributed by atoms with Gasteiger partial charge in [-0.15, -0.1) is 0 Å². The zero-order valence-corrected chi connectivity index (χ0v) is 11.8. The number of nitrogens with one attached hydrogen (secondary N) is 1. The van der Waals surface area contributed by atoms with Crippen molar-refractivity contribution in [3.8, 4) is 5.75 Å². The molecule has 0 amide bonds. The van der Waals surface area contributed by atoms with Crippen LogP contribution in [0.2, 0.25) is 5.02 Å². The van der Waals surface area contributed by atoms with Gasteiger partial charge in [0.15, 0.2) is 0 Å². The van der Waals surface area contributed by atoms with Crippen LogP contribution in [0, 0.1) is 6.92 Å². The van der Waals surface area contributed by atoms with Crippen LogP contribution < -0.4 is 10.1 Å². The molecule has 4 heteroatoms. The Labute approximate surface area is 113 Å². The molecular formula is C14H20ClNO2. The predicted molar refractivity (Wildman–Crippen MR) is 73.5 cm³/mol. The molecule has 3 nitrogen and oxygen atoms in total. The van der Waals surface area contributed by atoms with Gasteiger partial charge in [-0.1, -0.05) is 11.6 Å². The van der Waals surface area contributed by atoms with Crippen LogP contribution in [0.15, 0.2) is 18.2 Å². The van der Waals surface area contributed by atoms with E-state index in [1.165, 1.54) is 0 Å². The van der Waals surface area contributed by atoms with E-state index in [-0.39, 0.29) is 12.2 Å². The predicted octanol–water partition coefficient (Wildman–Crippen LogP) is 2.79. The fraction of sp³-hybridized carbons (Fsp3) is 0.571. The molecule has 18 heavy (non-hydrogen) atoms. The van der Waals surface area contributed by atoms with E-state index in [0.717, 1.165) is 22.8 Å². The van der Waals surface area contributed by atoms with Crippen LogP contribution in [0.3, 0.4) is 0 Å². The van der Waals surface area contributed by atoms with Crippen LogP contribution in [-0.4, -0.2) is 31.9 Å².